The van der Waals surface area contributed by atoms with E-state index in [1.807, 2.05) is 6.92 Å². The van der Waals surface area contributed by atoms with Gasteiger partial charge in [-0.15, -0.1) is 0 Å². The Bertz CT molecular complexity index is 183. The number of carbonyl (C=O) groups is 1. The molecular weight excluding hydrogens is 202 g/mol. The average molecular weight is 229 g/mol. The summed E-state index contributed by atoms with van der Waals surface area (Å²) in [5.74, 6) is -0.0766. The van der Waals surface area contributed by atoms with Crippen molar-refractivity contribution in [2.24, 2.45) is 0 Å². The van der Waals surface area contributed by atoms with Crippen molar-refractivity contribution < 1.29 is 9.53 Å². The smallest absolute Gasteiger partial charge is 0.307 e. The van der Waals surface area contributed by atoms with E-state index in [-0.39, 0.29) is 5.97 Å². The molecule has 0 spiro atoms. The fourth-order valence-corrected chi connectivity index (χ4v) is 1.64. The fourth-order valence-electron chi connectivity index (χ4n) is 1.64. The summed E-state index contributed by atoms with van der Waals surface area (Å²) in [6.45, 7) is 10.9. The second-order valence-electron chi connectivity index (χ2n) is 4.20. The van der Waals surface area contributed by atoms with Crippen molar-refractivity contribution in [2.45, 2.75) is 59.4 Å². The van der Waals surface area contributed by atoms with Gasteiger partial charge in [-0.05, 0) is 33.2 Å². The molecule has 0 aromatic rings. The Hall–Kier alpha value is -0.570. The molecule has 0 amide bonds. The highest BCUT2D eigenvalue weighted by Gasteiger charge is 2.13. The number of carbonyl (C=O) groups excluding carboxylic acids is 1. The minimum absolute atomic E-state index is 0.0766. The van der Waals surface area contributed by atoms with Crippen molar-refractivity contribution in [3.63, 3.8) is 0 Å². The molecule has 3 nitrogen and oxygen atoms in total. The van der Waals surface area contributed by atoms with Gasteiger partial charge < -0.3 is 9.64 Å². The first-order chi connectivity index (χ1) is 7.65. The first-order valence-electron chi connectivity index (χ1n) is 6.55. The number of unbranched alkanes of at least 4 members (excludes halogenated alkanes) is 1. The minimum atomic E-state index is -0.0766. The Kier molecular flexibility index (Phi) is 9.30. The highest BCUT2D eigenvalue weighted by Crippen LogP contribution is 2.07. The summed E-state index contributed by atoms with van der Waals surface area (Å²) in [6.07, 6.45) is 4.05. The first-order valence-corrected chi connectivity index (χ1v) is 6.55. The molecule has 0 saturated carbocycles. The van der Waals surface area contributed by atoms with Gasteiger partial charge in [0.15, 0.2) is 0 Å². The maximum atomic E-state index is 11.3. The molecule has 0 bridgehead atoms. The van der Waals surface area contributed by atoms with Crippen LogP contribution in [0.1, 0.15) is 53.4 Å². The summed E-state index contributed by atoms with van der Waals surface area (Å²) in [6, 6.07) is 0.556. The molecule has 1 unspecified atom stereocenters. The molecule has 16 heavy (non-hydrogen) atoms. The van der Waals surface area contributed by atoms with E-state index in [0.717, 1.165) is 19.5 Å². The topological polar surface area (TPSA) is 29.5 Å². The molecular formula is C13H27NO2. The summed E-state index contributed by atoms with van der Waals surface area (Å²) >= 11 is 0. The molecule has 0 N–H and O–H groups in total. The van der Waals surface area contributed by atoms with Crippen LogP contribution in [-0.2, 0) is 9.53 Å². The standard InChI is InChI=1S/C13H27NO2/c1-5-8-10-14(12(4)6-2)11-9-13(15)16-7-3/h12H,5-11H2,1-4H3. The maximum absolute atomic E-state index is 11.3. The summed E-state index contributed by atoms with van der Waals surface area (Å²) in [7, 11) is 0. The van der Waals surface area contributed by atoms with Gasteiger partial charge in [-0.25, -0.2) is 0 Å². The zero-order valence-corrected chi connectivity index (χ0v) is 11.3. The van der Waals surface area contributed by atoms with Gasteiger partial charge in [-0.1, -0.05) is 20.3 Å². The van der Waals surface area contributed by atoms with Crippen LogP contribution in [-0.4, -0.2) is 36.6 Å². The predicted octanol–water partition coefficient (Wildman–Crippen LogP) is 2.84. The van der Waals surface area contributed by atoms with Crippen molar-refractivity contribution in [2.75, 3.05) is 19.7 Å². The zero-order chi connectivity index (χ0) is 12.4. The average Bonchev–Trinajstić information content (AvgIpc) is 2.28. The summed E-state index contributed by atoms with van der Waals surface area (Å²) < 4.78 is 4.94. The van der Waals surface area contributed by atoms with Gasteiger partial charge in [-0.2, -0.15) is 0 Å². The van der Waals surface area contributed by atoms with E-state index >= 15 is 0 Å². The second kappa shape index (κ2) is 9.64. The number of nitrogens with zero attached hydrogens (tertiary/aromatic N) is 1. The highest BCUT2D eigenvalue weighted by atomic mass is 16.5. The first kappa shape index (κ1) is 15.4. The molecule has 0 rings (SSSR count). The quantitative estimate of drug-likeness (QED) is 0.569. The van der Waals surface area contributed by atoms with E-state index in [4.69, 9.17) is 4.74 Å². The Morgan fingerprint density at radius 3 is 2.44 bits per heavy atom. The van der Waals surface area contributed by atoms with Gasteiger partial charge in [-0.3, -0.25) is 4.79 Å². The van der Waals surface area contributed by atoms with E-state index in [1.54, 1.807) is 0 Å². The SMILES string of the molecule is CCCCN(CCC(=O)OCC)C(C)CC. The van der Waals surface area contributed by atoms with E-state index in [9.17, 15) is 4.79 Å². The molecule has 0 aliphatic heterocycles. The third kappa shape index (κ3) is 6.83. The molecule has 0 fully saturated rings. The lowest BCUT2D eigenvalue weighted by Crippen LogP contribution is -2.35. The van der Waals surface area contributed by atoms with E-state index in [1.165, 1.54) is 12.8 Å². The van der Waals surface area contributed by atoms with Crippen molar-refractivity contribution >= 4 is 5.97 Å². The maximum Gasteiger partial charge on any atom is 0.307 e. The monoisotopic (exact) mass is 229 g/mol. The lowest BCUT2D eigenvalue weighted by atomic mass is 10.2. The molecule has 0 radical (unpaired) electrons. The third-order valence-corrected chi connectivity index (χ3v) is 2.92. The minimum Gasteiger partial charge on any atom is -0.466 e. The molecule has 0 aromatic carbocycles. The van der Waals surface area contributed by atoms with Crippen LogP contribution in [0.2, 0.25) is 0 Å². The molecule has 0 aromatic heterocycles. The molecule has 0 heterocycles. The van der Waals surface area contributed by atoms with E-state index in [2.05, 4.69) is 25.7 Å². The molecule has 1 atom stereocenters. The highest BCUT2D eigenvalue weighted by molar-refractivity contribution is 5.69. The number of esters is 1. The van der Waals surface area contributed by atoms with Crippen LogP contribution in [0, 0.1) is 0 Å². The van der Waals surface area contributed by atoms with Crippen LogP contribution in [0.25, 0.3) is 0 Å². The van der Waals surface area contributed by atoms with E-state index < -0.39 is 0 Å². The zero-order valence-electron chi connectivity index (χ0n) is 11.3. The number of hydrogen-bond acceptors (Lipinski definition) is 3. The van der Waals surface area contributed by atoms with Crippen LogP contribution in [0.15, 0.2) is 0 Å². The number of rotatable bonds is 9. The van der Waals surface area contributed by atoms with Crippen LogP contribution >= 0.6 is 0 Å². The summed E-state index contributed by atoms with van der Waals surface area (Å²) in [5, 5.41) is 0. The normalized spacial score (nSPS) is 12.8. The van der Waals surface area contributed by atoms with Crippen molar-refractivity contribution in [1.82, 2.24) is 4.90 Å². The summed E-state index contributed by atoms with van der Waals surface area (Å²) in [5.41, 5.74) is 0. The van der Waals surface area contributed by atoms with Gasteiger partial charge in [0.1, 0.15) is 0 Å². The van der Waals surface area contributed by atoms with Gasteiger partial charge in [0.25, 0.3) is 0 Å². The molecule has 0 aliphatic rings. The molecule has 96 valence electrons. The van der Waals surface area contributed by atoms with Crippen LogP contribution in [0.5, 0.6) is 0 Å². The largest absolute Gasteiger partial charge is 0.466 e. The van der Waals surface area contributed by atoms with Gasteiger partial charge in [0.2, 0.25) is 0 Å². The Balaban J connectivity index is 3.95. The predicted molar refractivity (Wildman–Crippen MR) is 67.5 cm³/mol. The van der Waals surface area contributed by atoms with Crippen molar-refractivity contribution in [1.29, 1.82) is 0 Å². The molecule has 3 heteroatoms. The van der Waals surface area contributed by atoms with Gasteiger partial charge in [0, 0.05) is 12.6 Å². The molecule has 0 saturated heterocycles. The third-order valence-electron chi connectivity index (χ3n) is 2.92. The fraction of sp³-hybridized carbons (Fsp3) is 0.923. The number of ether oxygens (including phenoxy) is 1. The van der Waals surface area contributed by atoms with Crippen LogP contribution in [0.3, 0.4) is 0 Å². The Morgan fingerprint density at radius 1 is 1.25 bits per heavy atom. The van der Waals surface area contributed by atoms with E-state index in [0.29, 0.717) is 19.1 Å². The molecule has 0 aliphatic carbocycles. The van der Waals surface area contributed by atoms with Crippen LogP contribution < -0.4 is 0 Å². The van der Waals surface area contributed by atoms with Crippen molar-refractivity contribution in [3.05, 3.63) is 0 Å². The lowest BCUT2D eigenvalue weighted by molar-refractivity contribution is -0.143. The van der Waals surface area contributed by atoms with Crippen LogP contribution in [0.4, 0.5) is 0 Å². The van der Waals surface area contributed by atoms with Gasteiger partial charge in [0.05, 0.1) is 13.0 Å². The number of hydrogen-bond donors (Lipinski definition) is 0. The lowest BCUT2D eigenvalue weighted by Gasteiger charge is -2.27. The summed E-state index contributed by atoms with van der Waals surface area (Å²) in [4.78, 5) is 13.7. The van der Waals surface area contributed by atoms with Crippen molar-refractivity contribution in [3.8, 4) is 0 Å². The Morgan fingerprint density at radius 2 is 1.94 bits per heavy atom. The Labute approximate surface area is 100 Å². The van der Waals surface area contributed by atoms with Gasteiger partial charge >= 0.3 is 5.97 Å². The second-order valence-corrected chi connectivity index (χ2v) is 4.20.